The summed E-state index contributed by atoms with van der Waals surface area (Å²) in [7, 11) is 0. The Morgan fingerprint density at radius 2 is 0.909 bits per heavy atom. The molecular formula is C50H70N8O8. The second-order valence-corrected chi connectivity index (χ2v) is 19.4. The fourth-order valence-electron chi connectivity index (χ4n) is 9.80. The van der Waals surface area contributed by atoms with Crippen LogP contribution in [0.1, 0.15) is 104 Å². The van der Waals surface area contributed by atoms with Crippen molar-refractivity contribution in [3.8, 4) is 0 Å². The zero-order valence-electron chi connectivity index (χ0n) is 39.4. The fraction of sp³-hybridized carbons (Fsp3) is 0.600. The Morgan fingerprint density at radius 1 is 0.485 bits per heavy atom. The monoisotopic (exact) mass is 911 g/mol. The minimum Gasteiger partial charge on any atom is -0.342 e. The largest absolute Gasteiger partial charge is 0.342 e. The van der Waals surface area contributed by atoms with Crippen LogP contribution in [0.5, 0.6) is 0 Å². The Bertz CT molecular complexity index is 2070. The lowest BCUT2D eigenvalue weighted by Crippen LogP contribution is -2.62. The zero-order chi connectivity index (χ0) is 47.7. The topological polar surface area (TPSA) is 206 Å². The van der Waals surface area contributed by atoms with Crippen molar-refractivity contribution in [2.24, 2.45) is 17.8 Å². The van der Waals surface area contributed by atoms with E-state index in [1.807, 2.05) is 88.4 Å². The van der Waals surface area contributed by atoms with Gasteiger partial charge in [0.2, 0.25) is 47.3 Å². The van der Waals surface area contributed by atoms with Gasteiger partial charge in [-0.1, -0.05) is 109 Å². The third kappa shape index (κ3) is 12.0. The Balaban J connectivity index is 1.39. The van der Waals surface area contributed by atoms with Crippen LogP contribution < -0.4 is 26.6 Å². The number of benzene rings is 2. The van der Waals surface area contributed by atoms with Gasteiger partial charge in [-0.05, 0) is 73.8 Å². The van der Waals surface area contributed by atoms with E-state index in [1.54, 1.807) is 13.8 Å². The molecule has 9 atom stereocenters. The predicted octanol–water partition coefficient (Wildman–Crippen LogP) is 2.63. The summed E-state index contributed by atoms with van der Waals surface area (Å²) in [5, 5.41) is 14.7. The van der Waals surface area contributed by atoms with Crippen molar-refractivity contribution in [1.29, 1.82) is 0 Å². The molecular weight excluding hydrogens is 841 g/mol. The lowest BCUT2D eigenvalue weighted by Gasteiger charge is -2.35. The highest BCUT2D eigenvalue weighted by Crippen LogP contribution is 2.28. The van der Waals surface area contributed by atoms with Crippen molar-refractivity contribution in [2.45, 2.75) is 154 Å². The molecule has 4 heterocycles. The Morgan fingerprint density at radius 3 is 1.36 bits per heavy atom. The smallest absolute Gasteiger partial charge is 0.246 e. The predicted molar refractivity (Wildman–Crippen MR) is 248 cm³/mol. The van der Waals surface area contributed by atoms with Gasteiger partial charge < -0.3 is 41.3 Å². The zero-order valence-corrected chi connectivity index (χ0v) is 39.4. The molecule has 4 aliphatic heterocycles. The average molecular weight is 911 g/mol. The Labute approximate surface area is 389 Å². The molecule has 5 N–H and O–H groups in total. The Hall–Kier alpha value is -5.80. The molecule has 16 nitrogen and oxygen atoms in total. The van der Waals surface area contributed by atoms with E-state index in [2.05, 4.69) is 26.6 Å². The van der Waals surface area contributed by atoms with Crippen LogP contribution in [0.2, 0.25) is 0 Å². The van der Waals surface area contributed by atoms with Crippen LogP contribution in [-0.4, -0.2) is 130 Å². The first-order valence-corrected chi connectivity index (χ1v) is 24.1. The first-order valence-electron chi connectivity index (χ1n) is 24.1. The van der Waals surface area contributed by atoms with E-state index in [0.717, 1.165) is 11.1 Å². The maximum Gasteiger partial charge on any atom is 0.246 e. The highest BCUT2D eigenvalue weighted by Gasteiger charge is 2.46. The molecule has 2 aromatic carbocycles. The minimum atomic E-state index is -1.15. The van der Waals surface area contributed by atoms with Crippen LogP contribution in [0.15, 0.2) is 60.7 Å². The number of rotatable bonds is 9. The molecule has 358 valence electrons. The van der Waals surface area contributed by atoms with E-state index >= 15 is 0 Å². The van der Waals surface area contributed by atoms with E-state index in [-0.39, 0.29) is 56.6 Å². The lowest BCUT2D eigenvalue weighted by atomic mass is 9.96. The molecule has 0 saturated carbocycles. The minimum absolute atomic E-state index is 0.0319. The van der Waals surface area contributed by atoms with Crippen LogP contribution in [0.4, 0.5) is 0 Å². The highest BCUT2D eigenvalue weighted by atomic mass is 16.2. The van der Waals surface area contributed by atoms with Crippen molar-refractivity contribution >= 4 is 47.3 Å². The van der Waals surface area contributed by atoms with E-state index in [0.29, 0.717) is 44.9 Å². The highest BCUT2D eigenvalue weighted by molar-refractivity contribution is 5.99. The second-order valence-electron chi connectivity index (χ2n) is 19.4. The first kappa shape index (κ1) is 49.6. The summed E-state index contributed by atoms with van der Waals surface area (Å²) in [6.45, 7) is 12.0. The molecule has 0 spiro atoms. The molecule has 9 unspecified atom stereocenters. The quantitative estimate of drug-likeness (QED) is 0.252. The maximum atomic E-state index is 14.7. The third-order valence-corrected chi connectivity index (χ3v) is 13.7. The normalized spacial score (nSPS) is 28.2. The van der Waals surface area contributed by atoms with Crippen molar-refractivity contribution in [2.75, 3.05) is 19.6 Å². The standard InChI is InChI=1S/C50H70N8O8/c1-7-32(6)42-50(66)57-25-15-22-39(57)46(62)51-35(28-33-17-10-8-11-18-33)43(59)54-41(31(4)5)47(63)53-37(27-30(2)3)48(64)58-26-16-23-40(58)49(65)56-24-14-21-38(56)45(61)52-36(44(60)55-42)29-34-19-12-9-13-20-34/h8-13,17-20,30-32,35-42H,7,14-16,21-29H2,1-6H3,(H,51,62)(H,52,61)(H,53,63)(H,54,59)(H,55,60). The maximum absolute atomic E-state index is 14.7. The van der Waals surface area contributed by atoms with E-state index in [4.69, 9.17) is 0 Å². The van der Waals surface area contributed by atoms with Crippen molar-refractivity contribution in [3.63, 3.8) is 0 Å². The molecule has 6 rings (SSSR count). The van der Waals surface area contributed by atoms with Gasteiger partial charge in [0.25, 0.3) is 0 Å². The van der Waals surface area contributed by atoms with Crippen LogP contribution in [0.25, 0.3) is 0 Å². The van der Waals surface area contributed by atoms with E-state index < -0.39 is 95.6 Å². The van der Waals surface area contributed by atoms with Crippen LogP contribution in [0, 0.1) is 17.8 Å². The van der Waals surface area contributed by atoms with Gasteiger partial charge in [-0.15, -0.1) is 0 Å². The molecule has 4 fully saturated rings. The van der Waals surface area contributed by atoms with E-state index in [9.17, 15) is 38.4 Å². The number of carbonyl (C=O) groups is 8. The third-order valence-electron chi connectivity index (χ3n) is 13.7. The number of hydrogen-bond acceptors (Lipinski definition) is 8. The van der Waals surface area contributed by atoms with Gasteiger partial charge in [-0.25, -0.2) is 0 Å². The van der Waals surface area contributed by atoms with Gasteiger partial charge in [-0.2, -0.15) is 0 Å². The molecule has 66 heavy (non-hydrogen) atoms. The van der Waals surface area contributed by atoms with Crippen molar-refractivity contribution in [3.05, 3.63) is 71.8 Å². The SMILES string of the molecule is CCC(C)C1NC(=O)C(Cc2ccccc2)NC(=O)C2CCCN2C(=O)C2CCCN2C(=O)C(CC(C)C)NC(=O)C(C(C)C)NC(=O)C(Cc2ccccc2)NC(=O)C2CCCN2C1=O. The van der Waals surface area contributed by atoms with Gasteiger partial charge in [0.1, 0.15) is 48.3 Å². The number of fused-ring (bicyclic) bond motifs is 3. The van der Waals surface area contributed by atoms with Crippen LogP contribution >= 0.6 is 0 Å². The molecule has 8 amide bonds. The molecule has 2 aromatic rings. The number of carbonyl (C=O) groups excluding carboxylic acids is 8. The lowest BCUT2D eigenvalue weighted by molar-refractivity contribution is -0.148. The van der Waals surface area contributed by atoms with Gasteiger partial charge >= 0.3 is 0 Å². The number of hydrogen-bond donors (Lipinski definition) is 5. The summed E-state index contributed by atoms with van der Waals surface area (Å²) in [4.78, 5) is 120. The van der Waals surface area contributed by atoms with Gasteiger partial charge in [0.15, 0.2) is 0 Å². The van der Waals surface area contributed by atoms with E-state index in [1.165, 1.54) is 14.7 Å². The second kappa shape index (κ2) is 22.6. The van der Waals surface area contributed by atoms with Crippen LogP contribution in [-0.2, 0) is 51.2 Å². The number of nitrogens with one attached hydrogen (secondary N) is 5. The van der Waals surface area contributed by atoms with Gasteiger partial charge in [0, 0.05) is 32.5 Å². The number of nitrogens with zero attached hydrogens (tertiary/aromatic N) is 3. The summed E-state index contributed by atoms with van der Waals surface area (Å²) >= 11 is 0. The van der Waals surface area contributed by atoms with Gasteiger partial charge in [-0.3, -0.25) is 38.4 Å². The van der Waals surface area contributed by atoms with Crippen LogP contribution in [0.3, 0.4) is 0 Å². The fourth-order valence-corrected chi connectivity index (χ4v) is 9.80. The summed E-state index contributed by atoms with van der Waals surface area (Å²) in [5.74, 6) is -4.90. The first-order chi connectivity index (χ1) is 31.6. The summed E-state index contributed by atoms with van der Waals surface area (Å²) in [6, 6.07) is 10.2. The van der Waals surface area contributed by atoms with Gasteiger partial charge in [0.05, 0.1) is 0 Å². The molecule has 0 aromatic heterocycles. The van der Waals surface area contributed by atoms with Crippen molar-refractivity contribution < 1.29 is 38.4 Å². The number of amides is 8. The molecule has 4 saturated heterocycles. The molecule has 16 heteroatoms. The van der Waals surface area contributed by atoms with Crippen molar-refractivity contribution in [1.82, 2.24) is 41.3 Å². The molecule has 4 aliphatic rings. The molecule has 0 radical (unpaired) electrons. The summed E-state index contributed by atoms with van der Waals surface area (Å²) < 4.78 is 0. The summed E-state index contributed by atoms with van der Waals surface area (Å²) in [6.07, 6.45) is 3.60. The summed E-state index contributed by atoms with van der Waals surface area (Å²) in [5.41, 5.74) is 1.52. The average Bonchev–Trinajstić information content (AvgIpc) is 4.11. The Kier molecular flexibility index (Phi) is 17.0. The molecule has 0 bridgehead atoms. The molecule has 0 aliphatic carbocycles.